The number of unbranched alkanes of at least 4 members (excludes halogenated alkanes) is 1. The van der Waals surface area contributed by atoms with E-state index in [4.69, 9.17) is 10.3 Å². The molecule has 0 aliphatic rings. The predicted molar refractivity (Wildman–Crippen MR) is 77.1 cm³/mol. The van der Waals surface area contributed by atoms with E-state index >= 15 is 0 Å². The Morgan fingerprint density at radius 1 is 1.48 bits per heavy atom. The molecule has 0 radical (unpaired) electrons. The summed E-state index contributed by atoms with van der Waals surface area (Å²) in [7, 11) is 0. The molecule has 0 saturated carbocycles. The number of aromatic amines is 1. The molecule has 0 amide bonds. The lowest BCUT2D eigenvalue weighted by Crippen LogP contribution is -2.34. The molecule has 0 fully saturated rings. The molecule has 0 saturated heterocycles. The van der Waals surface area contributed by atoms with Crippen molar-refractivity contribution in [2.75, 3.05) is 17.6 Å². The largest absolute Gasteiger partial charge is 0.383 e. The minimum Gasteiger partial charge on any atom is -0.383 e. The molecule has 9 heteroatoms. The van der Waals surface area contributed by atoms with Crippen LogP contribution in [0.4, 0.5) is 11.5 Å². The van der Waals surface area contributed by atoms with Crippen molar-refractivity contribution in [3.63, 3.8) is 0 Å². The SMILES string of the molecule is CCCCn1c(N)c(NCCc2ncno2)c(=O)[nH]c1=O. The summed E-state index contributed by atoms with van der Waals surface area (Å²) in [4.78, 5) is 29.7. The Hall–Kier alpha value is -2.58. The van der Waals surface area contributed by atoms with Crippen LogP contribution in [0.25, 0.3) is 0 Å². The second-order valence-electron chi connectivity index (χ2n) is 4.54. The van der Waals surface area contributed by atoms with Crippen molar-refractivity contribution in [1.82, 2.24) is 19.7 Å². The molecule has 0 spiro atoms. The summed E-state index contributed by atoms with van der Waals surface area (Å²) in [5.41, 5.74) is 5.08. The Kier molecular flexibility index (Phi) is 4.75. The Labute approximate surface area is 120 Å². The van der Waals surface area contributed by atoms with Crippen LogP contribution >= 0.6 is 0 Å². The van der Waals surface area contributed by atoms with E-state index in [0.717, 1.165) is 12.8 Å². The van der Waals surface area contributed by atoms with Gasteiger partial charge in [-0.05, 0) is 6.42 Å². The fourth-order valence-corrected chi connectivity index (χ4v) is 1.90. The van der Waals surface area contributed by atoms with Crippen LogP contribution in [-0.2, 0) is 13.0 Å². The molecule has 2 rings (SSSR count). The zero-order valence-electron chi connectivity index (χ0n) is 11.8. The Morgan fingerprint density at radius 2 is 2.29 bits per heavy atom. The zero-order chi connectivity index (χ0) is 15.2. The molecule has 2 heterocycles. The van der Waals surface area contributed by atoms with E-state index in [2.05, 4.69) is 20.4 Å². The summed E-state index contributed by atoms with van der Waals surface area (Å²) in [5, 5.41) is 6.40. The van der Waals surface area contributed by atoms with Crippen molar-refractivity contribution < 1.29 is 4.52 Å². The lowest BCUT2D eigenvalue weighted by Gasteiger charge is -2.13. The van der Waals surface area contributed by atoms with Gasteiger partial charge in [-0.3, -0.25) is 14.3 Å². The molecule has 0 unspecified atom stereocenters. The van der Waals surface area contributed by atoms with Gasteiger partial charge in [-0.2, -0.15) is 4.98 Å². The smallest absolute Gasteiger partial charge is 0.330 e. The fourth-order valence-electron chi connectivity index (χ4n) is 1.90. The number of hydrogen-bond acceptors (Lipinski definition) is 7. The summed E-state index contributed by atoms with van der Waals surface area (Å²) in [6, 6.07) is 0. The quantitative estimate of drug-likeness (QED) is 0.652. The Balaban J connectivity index is 2.14. The molecule has 0 aliphatic heterocycles. The van der Waals surface area contributed by atoms with Crippen LogP contribution in [0.1, 0.15) is 25.7 Å². The Morgan fingerprint density at radius 3 is 2.95 bits per heavy atom. The van der Waals surface area contributed by atoms with Gasteiger partial charge in [0.25, 0.3) is 5.56 Å². The molecule has 0 bridgehead atoms. The third-order valence-corrected chi connectivity index (χ3v) is 3.02. The van der Waals surface area contributed by atoms with E-state index in [9.17, 15) is 9.59 Å². The molecular weight excluding hydrogens is 276 g/mol. The summed E-state index contributed by atoms with van der Waals surface area (Å²) in [6.45, 7) is 2.87. The highest BCUT2D eigenvalue weighted by Crippen LogP contribution is 2.10. The zero-order valence-corrected chi connectivity index (χ0v) is 11.8. The van der Waals surface area contributed by atoms with Crippen LogP contribution in [0.5, 0.6) is 0 Å². The standard InChI is InChI=1S/C12H18N6O3/c1-2-3-6-18-10(13)9(11(19)17-12(18)20)14-5-4-8-15-7-16-21-8/h7,14H,2-6,13H2,1H3,(H,17,19,20). The van der Waals surface area contributed by atoms with Gasteiger partial charge >= 0.3 is 5.69 Å². The summed E-state index contributed by atoms with van der Waals surface area (Å²) in [6.07, 6.45) is 3.48. The second kappa shape index (κ2) is 6.73. The second-order valence-corrected chi connectivity index (χ2v) is 4.54. The first kappa shape index (κ1) is 14.8. The predicted octanol–water partition coefficient (Wildman–Crippen LogP) is -0.0435. The van der Waals surface area contributed by atoms with Gasteiger partial charge in [0, 0.05) is 19.5 Å². The van der Waals surface area contributed by atoms with Gasteiger partial charge in [0.1, 0.15) is 11.5 Å². The monoisotopic (exact) mass is 294 g/mol. The van der Waals surface area contributed by atoms with E-state index in [1.165, 1.54) is 10.9 Å². The molecule has 114 valence electrons. The van der Waals surface area contributed by atoms with Crippen molar-refractivity contribution in [2.45, 2.75) is 32.7 Å². The maximum absolute atomic E-state index is 11.8. The minimum atomic E-state index is -0.532. The van der Waals surface area contributed by atoms with Crippen LogP contribution in [0.2, 0.25) is 0 Å². The average molecular weight is 294 g/mol. The number of hydrogen-bond donors (Lipinski definition) is 3. The van der Waals surface area contributed by atoms with Crippen molar-refractivity contribution in [2.24, 2.45) is 0 Å². The Bertz CT molecular complexity index is 688. The number of aromatic nitrogens is 4. The molecule has 2 aromatic heterocycles. The minimum absolute atomic E-state index is 0.141. The molecule has 4 N–H and O–H groups in total. The molecule has 2 aromatic rings. The number of nitrogens with two attached hydrogens (primary N) is 1. The molecule has 21 heavy (non-hydrogen) atoms. The highest BCUT2D eigenvalue weighted by atomic mass is 16.5. The summed E-state index contributed by atoms with van der Waals surface area (Å²) in [5.74, 6) is 0.597. The van der Waals surface area contributed by atoms with Crippen molar-refractivity contribution in [1.29, 1.82) is 0 Å². The van der Waals surface area contributed by atoms with E-state index in [-0.39, 0.29) is 11.5 Å². The first-order valence-electron chi connectivity index (χ1n) is 6.75. The molecule has 0 aliphatic carbocycles. The molecular formula is C12H18N6O3. The molecule has 0 atom stereocenters. The average Bonchev–Trinajstić information content (AvgIpc) is 2.95. The van der Waals surface area contributed by atoms with Crippen molar-refractivity contribution in [3.05, 3.63) is 33.1 Å². The summed E-state index contributed by atoms with van der Waals surface area (Å²) >= 11 is 0. The van der Waals surface area contributed by atoms with Gasteiger partial charge in [-0.15, -0.1) is 0 Å². The molecule has 9 nitrogen and oxygen atoms in total. The molecule has 0 aromatic carbocycles. The topological polar surface area (TPSA) is 132 Å². The van der Waals surface area contributed by atoms with Crippen LogP contribution in [0.15, 0.2) is 20.4 Å². The van der Waals surface area contributed by atoms with Crippen LogP contribution in [0, 0.1) is 0 Å². The number of anilines is 2. The number of H-pyrrole nitrogens is 1. The number of nitrogen functional groups attached to an aromatic ring is 1. The van der Waals surface area contributed by atoms with Gasteiger partial charge in [0.15, 0.2) is 6.33 Å². The maximum atomic E-state index is 11.8. The van der Waals surface area contributed by atoms with Crippen molar-refractivity contribution >= 4 is 11.5 Å². The van der Waals surface area contributed by atoms with E-state index in [0.29, 0.717) is 25.4 Å². The number of nitrogens with zero attached hydrogens (tertiary/aromatic N) is 3. The van der Waals surface area contributed by atoms with Crippen LogP contribution in [0.3, 0.4) is 0 Å². The summed E-state index contributed by atoms with van der Waals surface area (Å²) < 4.78 is 6.22. The third-order valence-electron chi connectivity index (χ3n) is 3.02. The lowest BCUT2D eigenvalue weighted by molar-refractivity contribution is 0.379. The van der Waals surface area contributed by atoms with Gasteiger partial charge in [0.2, 0.25) is 5.89 Å². The van der Waals surface area contributed by atoms with Crippen LogP contribution in [-0.4, -0.2) is 26.2 Å². The van der Waals surface area contributed by atoms with Gasteiger partial charge < -0.3 is 15.6 Å². The van der Waals surface area contributed by atoms with Gasteiger partial charge in [-0.1, -0.05) is 18.5 Å². The van der Waals surface area contributed by atoms with Crippen molar-refractivity contribution in [3.8, 4) is 0 Å². The maximum Gasteiger partial charge on any atom is 0.330 e. The highest BCUT2D eigenvalue weighted by molar-refractivity contribution is 5.60. The first-order chi connectivity index (χ1) is 10.1. The van der Waals surface area contributed by atoms with Crippen LogP contribution < -0.4 is 22.3 Å². The van der Waals surface area contributed by atoms with E-state index < -0.39 is 11.2 Å². The number of rotatable bonds is 7. The van der Waals surface area contributed by atoms with E-state index in [1.807, 2.05) is 6.92 Å². The lowest BCUT2D eigenvalue weighted by atomic mass is 10.3. The highest BCUT2D eigenvalue weighted by Gasteiger charge is 2.11. The fraction of sp³-hybridized carbons (Fsp3) is 0.500. The van der Waals surface area contributed by atoms with Gasteiger partial charge in [0.05, 0.1) is 0 Å². The van der Waals surface area contributed by atoms with E-state index in [1.54, 1.807) is 0 Å². The third kappa shape index (κ3) is 3.50. The normalized spacial score (nSPS) is 10.7. The number of nitrogens with one attached hydrogen (secondary N) is 2. The van der Waals surface area contributed by atoms with Gasteiger partial charge in [-0.25, -0.2) is 4.79 Å². The first-order valence-corrected chi connectivity index (χ1v) is 6.75.